The first-order valence-corrected chi connectivity index (χ1v) is 4.93. The maximum Gasteiger partial charge on any atom is 0.201 e. The zero-order chi connectivity index (χ0) is 10.7. The predicted octanol–water partition coefficient (Wildman–Crippen LogP) is 2.14. The summed E-state index contributed by atoms with van der Waals surface area (Å²) in [5, 5.41) is 3.11. The van der Waals surface area contributed by atoms with Gasteiger partial charge in [-0.05, 0) is 26.1 Å². The molecule has 0 bridgehead atoms. The van der Waals surface area contributed by atoms with Gasteiger partial charge in [0.2, 0.25) is 5.89 Å². The van der Waals surface area contributed by atoms with Crippen LogP contribution in [-0.2, 0) is 6.42 Å². The maximum absolute atomic E-state index is 5.35. The molecule has 0 spiro atoms. The van der Waals surface area contributed by atoms with Crippen molar-refractivity contribution in [3.05, 3.63) is 42.0 Å². The Morgan fingerprint density at radius 2 is 2.33 bits per heavy atom. The monoisotopic (exact) mass is 206 g/mol. The number of oxazole rings is 1. The van der Waals surface area contributed by atoms with E-state index < -0.39 is 0 Å². The van der Waals surface area contributed by atoms with Crippen LogP contribution in [0.5, 0.6) is 0 Å². The number of nitrogens with zero attached hydrogens (tertiary/aromatic N) is 1. The van der Waals surface area contributed by atoms with E-state index in [0.717, 1.165) is 11.5 Å². The lowest BCUT2D eigenvalue weighted by Crippen LogP contribution is -2.12. The minimum Gasteiger partial charge on any atom is -0.469 e. The zero-order valence-electron chi connectivity index (χ0n) is 8.86. The van der Waals surface area contributed by atoms with Crippen LogP contribution >= 0.6 is 0 Å². The van der Waals surface area contributed by atoms with Crippen molar-refractivity contribution in [2.45, 2.75) is 19.4 Å². The summed E-state index contributed by atoms with van der Waals surface area (Å²) in [6, 6.07) is 3.97. The van der Waals surface area contributed by atoms with Crippen LogP contribution in [0.15, 0.2) is 33.5 Å². The van der Waals surface area contributed by atoms with Crippen LogP contribution < -0.4 is 5.32 Å². The first-order chi connectivity index (χ1) is 7.29. The van der Waals surface area contributed by atoms with Gasteiger partial charge >= 0.3 is 0 Å². The second-order valence-corrected chi connectivity index (χ2v) is 3.43. The molecular formula is C11H14N2O2. The molecule has 0 saturated heterocycles. The van der Waals surface area contributed by atoms with Gasteiger partial charge in [-0.2, -0.15) is 0 Å². The van der Waals surface area contributed by atoms with E-state index in [1.807, 2.05) is 26.1 Å². The fraction of sp³-hybridized carbons (Fsp3) is 0.364. The minimum atomic E-state index is 0.208. The van der Waals surface area contributed by atoms with E-state index in [-0.39, 0.29) is 6.04 Å². The Bertz CT molecular complexity index is 406. The Balaban J connectivity index is 2.07. The van der Waals surface area contributed by atoms with E-state index in [1.54, 1.807) is 12.5 Å². The fourth-order valence-corrected chi connectivity index (χ4v) is 1.32. The van der Waals surface area contributed by atoms with E-state index in [2.05, 4.69) is 10.3 Å². The van der Waals surface area contributed by atoms with Crippen LogP contribution in [0.25, 0.3) is 0 Å². The minimum absolute atomic E-state index is 0.208. The van der Waals surface area contributed by atoms with E-state index in [9.17, 15) is 0 Å². The molecule has 80 valence electrons. The summed E-state index contributed by atoms with van der Waals surface area (Å²) in [5.41, 5.74) is 0.916. The first-order valence-electron chi connectivity index (χ1n) is 4.93. The summed E-state index contributed by atoms with van der Waals surface area (Å²) < 4.78 is 10.6. The number of aromatic nitrogens is 1. The topological polar surface area (TPSA) is 51.2 Å². The molecule has 2 aromatic heterocycles. The molecular weight excluding hydrogens is 192 g/mol. The van der Waals surface area contributed by atoms with Gasteiger partial charge in [0.1, 0.15) is 12.0 Å². The third-order valence-corrected chi connectivity index (χ3v) is 2.35. The summed E-state index contributed by atoms with van der Waals surface area (Å²) in [7, 11) is 1.89. The second kappa shape index (κ2) is 4.31. The molecule has 0 radical (unpaired) electrons. The van der Waals surface area contributed by atoms with E-state index in [1.165, 1.54) is 0 Å². The number of rotatable bonds is 4. The summed E-state index contributed by atoms with van der Waals surface area (Å²) in [6.45, 7) is 2.04. The number of nitrogens with one attached hydrogen (secondary N) is 1. The molecule has 4 heteroatoms. The van der Waals surface area contributed by atoms with Crippen LogP contribution in [0.1, 0.15) is 30.3 Å². The molecule has 1 N–H and O–H groups in total. The molecule has 0 saturated carbocycles. The van der Waals surface area contributed by atoms with Crippen molar-refractivity contribution in [1.29, 1.82) is 0 Å². The molecule has 2 aromatic rings. The molecule has 15 heavy (non-hydrogen) atoms. The Morgan fingerprint density at radius 1 is 1.47 bits per heavy atom. The van der Waals surface area contributed by atoms with Gasteiger partial charge in [0, 0.05) is 6.04 Å². The fourth-order valence-electron chi connectivity index (χ4n) is 1.32. The third-order valence-electron chi connectivity index (χ3n) is 2.35. The average Bonchev–Trinajstić information content (AvgIpc) is 2.88. The molecule has 0 fully saturated rings. The number of furan rings is 1. The highest BCUT2D eigenvalue weighted by atomic mass is 16.4. The molecule has 0 aliphatic carbocycles. The van der Waals surface area contributed by atoms with Gasteiger partial charge in [-0.1, -0.05) is 0 Å². The quantitative estimate of drug-likeness (QED) is 0.832. The van der Waals surface area contributed by atoms with Gasteiger partial charge in [0.05, 0.1) is 18.4 Å². The van der Waals surface area contributed by atoms with Crippen molar-refractivity contribution in [2.75, 3.05) is 7.05 Å². The van der Waals surface area contributed by atoms with Crippen LogP contribution in [-0.4, -0.2) is 12.0 Å². The highest BCUT2D eigenvalue weighted by Gasteiger charge is 2.10. The Morgan fingerprint density at radius 3 is 3.00 bits per heavy atom. The molecule has 1 unspecified atom stereocenters. The summed E-state index contributed by atoms with van der Waals surface area (Å²) in [6.07, 6.45) is 3.93. The summed E-state index contributed by atoms with van der Waals surface area (Å²) >= 11 is 0. The Kier molecular flexibility index (Phi) is 2.87. The van der Waals surface area contributed by atoms with E-state index in [4.69, 9.17) is 8.83 Å². The lowest BCUT2D eigenvalue weighted by Gasteiger charge is -2.03. The van der Waals surface area contributed by atoms with Crippen molar-refractivity contribution >= 4 is 0 Å². The van der Waals surface area contributed by atoms with Crippen LogP contribution in [0.4, 0.5) is 0 Å². The summed E-state index contributed by atoms with van der Waals surface area (Å²) in [4.78, 5) is 4.37. The lowest BCUT2D eigenvalue weighted by molar-refractivity contribution is 0.464. The number of hydrogen-bond acceptors (Lipinski definition) is 4. The van der Waals surface area contributed by atoms with Crippen LogP contribution in [0, 0.1) is 0 Å². The molecule has 0 aliphatic rings. The normalized spacial score (nSPS) is 12.9. The van der Waals surface area contributed by atoms with Gasteiger partial charge in [0.25, 0.3) is 0 Å². The van der Waals surface area contributed by atoms with Crippen LogP contribution in [0.2, 0.25) is 0 Å². The molecule has 0 amide bonds. The van der Waals surface area contributed by atoms with Gasteiger partial charge in [0.15, 0.2) is 0 Å². The largest absolute Gasteiger partial charge is 0.469 e. The zero-order valence-corrected chi connectivity index (χ0v) is 8.86. The molecule has 4 nitrogen and oxygen atoms in total. The van der Waals surface area contributed by atoms with E-state index >= 15 is 0 Å². The van der Waals surface area contributed by atoms with Gasteiger partial charge in [-0.3, -0.25) is 0 Å². The van der Waals surface area contributed by atoms with Gasteiger partial charge < -0.3 is 14.2 Å². The lowest BCUT2D eigenvalue weighted by atomic mass is 10.3. The van der Waals surface area contributed by atoms with Crippen molar-refractivity contribution in [3.63, 3.8) is 0 Å². The van der Waals surface area contributed by atoms with Crippen molar-refractivity contribution in [1.82, 2.24) is 10.3 Å². The first kappa shape index (κ1) is 9.98. The van der Waals surface area contributed by atoms with Gasteiger partial charge in [-0.15, -0.1) is 0 Å². The SMILES string of the molecule is CNC(C)c1coc(Cc2ccco2)n1. The molecule has 0 aromatic carbocycles. The number of hydrogen-bond donors (Lipinski definition) is 1. The predicted molar refractivity (Wildman–Crippen MR) is 55.5 cm³/mol. The Labute approximate surface area is 88.3 Å². The molecule has 2 heterocycles. The maximum atomic E-state index is 5.35. The smallest absolute Gasteiger partial charge is 0.201 e. The van der Waals surface area contributed by atoms with E-state index in [0.29, 0.717) is 12.3 Å². The van der Waals surface area contributed by atoms with Crippen molar-refractivity contribution in [2.24, 2.45) is 0 Å². The Hall–Kier alpha value is -1.55. The second-order valence-electron chi connectivity index (χ2n) is 3.43. The van der Waals surface area contributed by atoms with Gasteiger partial charge in [-0.25, -0.2) is 4.98 Å². The highest BCUT2D eigenvalue weighted by Crippen LogP contribution is 2.14. The molecule has 1 atom stereocenters. The highest BCUT2D eigenvalue weighted by molar-refractivity contribution is 5.08. The third kappa shape index (κ3) is 2.27. The van der Waals surface area contributed by atoms with Crippen molar-refractivity contribution < 1.29 is 8.83 Å². The molecule has 2 rings (SSSR count). The standard InChI is InChI=1S/C11H14N2O2/c1-8(12-2)10-7-15-11(13-10)6-9-4-3-5-14-9/h3-5,7-8,12H,6H2,1-2H3. The van der Waals surface area contributed by atoms with Crippen LogP contribution in [0.3, 0.4) is 0 Å². The molecule has 0 aliphatic heterocycles. The van der Waals surface area contributed by atoms with Crippen molar-refractivity contribution in [3.8, 4) is 0 Å². The summed E-state index contributed by atoms with van der Waals surface area (Å²) in [5.74, 6) is 1.54. The average molecular weight is 206 g/mol.